The van der Waals surface area contributed by atoms with Crippen molar-refractivity contribution in [1.29, 1.82) is 0 Å². The van der Waals surface area contributed by atoms with Crippen molar-refractivity contribution >= 4 is 23.2 Å². The molecule has 1 unspecified atom stereocenters. The summed E-state index contributed by atoms with van der Waals surface area (Å²) in [4.78, 5) is 0. The van der Waals surface area contributed by atoms with Gasteiger partial charge in [0.1, 0.15) is 11.3 Å². The predicted octanol–water partition coefficient (Wildman–Crippen LogP) is 2.54. The zero-order chi connectivity index (χ0) is 9.14. The van der Waals surface area contributed by atoms with Crippen LogP contribution in [0.5, 0.6) is 5.75 Å². The molecule has 0 saturated carbocycles. The number of hydrogen-bond donors (Lipinski definition) is 1. The van der Waals surface area contributed by atoms with Crippen molar-refractivity contribution in [3.8, 4) is 5.75 Å². The van der Waals surface area contributed by atoms with Crippen molar-refractivity contribution in [3.63, 3.8) is 0 Å². The highest BCUT2D eigenvalue weighted by molar-refractivity contribution is 6.32. The maximum atomic E-state index is 5.83. The van der Waals surface area contributed by atoms with Gasteiger partial charge in [0.05, 0.1) is 12.1 Å². The predicted molar refractivity (Wildman–Crippen MR) is 50.8 cm³/mol. The van der Waals surface area contributed by atoms with Gasteiger partial charge in [0.15, 0.2) is 0 Å². The van der Waals surface area contributed by atoms with E-state index in [1.165, 1.54) is 0 Å². The highest BCUT2D eigenvalue weighted by Gasteiger charge is 2.05. The van der Waals surface area contributed by atoms with Gasteiger partial charge in [-0.1, -0.05) is 17.7 Å². The summed E-state index contributed by atoms with van der Waals surface area (Å²) in [6.45, 7) is 0. The van der Waals surface area contributed by atoms with Crippen LogP contribution in [-0.2, 0) is 0 Å². The third-order valence-corrected chi connectivity index (χ3v) is 2.04. The molecule has 4 heteroatoms. The van der Waals surface area contributed by atoms with Crippen LogP contribution < -0.4 is 10.5 Å². The Balaban J connectivity index is 3.02. The van der Waals surface area contributed by atoms with Crippen LogP contribution in [0.2, 0.25) is 5.02 Å². The van der Waals surface area contributed by atoms with Gasteiger partial charge in [0.25, 0.3) is 0 Å². The minimum Gasteiger partial charge on any atom is -0.495 e. The standard InChI is InChI=1S/C8H9Cl2NO/c1-12-7-3-2-5(8(10)11)4-6(7)9/h2-4,8H,11H2,1H3. The lowest BCUT2D eigenvalue weighted by Gasteiger charge is -2.06. The van der Waals surface area contributed by atoms with E-state index < -0.39 is 5.50 Å². The average Bonchev–Trinajstić information content (AvgIpc) is 2.04. The van der Waals surface area contributed by atoms with E-state index in [0.717, 1.165) is 5.56 Å². The Morgan fingerprint density at radius 2 is 2.17 bits per heavy atom. The van der Waals surface area contributed by atoms with Crippen LogP contribution in [0.3, 0.4) is 0 Å². The van der Waals surface area contributed by atoms with Gasteiger partial charge in [-0.25, -0.2) is 0 Å². The molecule has 0 aliphatic heterocycles. The molecule has 0 aliphatic carbocycles. The third-order valence-electron chi connectivity index (χ3n) is 1.49. The zero-order valence-electron chi connectivity index (χ0n) is 6.55. The number of nitrogens with two attached hydrogens (primary N) is 1. The number of rotatable bonds is 2. The fourth-order valence-corrected chi connectivity index (χ4v) is 1.26. The molecule has 66 valence electrons. The van der Waals surface area contributed by atoms with Crippen LogP contribution in [0.15, 0.2) is 18.2 Å². The summed E-state index contributed by atoms with van der Waals surface area (Å²) in [7, 11) is 1.56. The second-order valence-corrected chi connectivity index (χ2v) is 3.17. The molecule has 1 atom stereocenters. The molecule has 1 aromatic carbocycles. The quantitative estimate of drug-likeness (QED) is 0.596. The SMILES string of the molecule is COc1ccc(C(N)Cl)cc1Cl. The van der Waals surface area contributed by atoms with Crippen molar-refractivity contribution in [2.75, 3.05) is 7.11 Å². The van der Waals surface area contributed by atoms with Crippen molar-refractivity contribution in [2.45, 2.75) is 5.50 Å². The Hall–Kier alpha value is -0.440. The molecular weight excluding hydrogens is 197 g/mol. The van der Waals surface area contributed by atoms with Gasteiger partial charge in [-0.3, -0.25) is 0 Å². The summed E-state index contributed by atoms with van der Waals surface area (Å²) >= 11 is 11.5. The van der Waals surface area contributed by atoms with Crippen LogP contribution in [0, 0.1) is 0 Å². The number of halogens is 2. The van der Waals surface area contributed by atoms with E-state index in [2.05, 4.69) is 0 Å². The first kappa shape index (κ1) is 9.65. The Kier molecular flexibility index (Phi) is 3.20. The first-order valence-electron chi connectivity index (χ1n) is 3.38. The smallest absolute Gasteiger partial charge is 0.137 e. The molecule has 0 radical (unpaired) electrons. The maximum Gasteiger partial charge on any atom is 0.137 e. The fourth-order valence-electron chi connectivity index (χ4n) is 0.854. The van der Waals surface area contributed by atoms with E-state index in [4.69, 9.17) is 33.7 Å². The van der Waals surface area contributed by atoms with Crippen LogP contribution in [0.1, 0.15) is 11.1 Å². The van der Waals surface area contributed by atoms with Crippen LogP contribution in [-0.4, -0.2) is 7.11 Å². The lowest BCUT2D eigenvalue weighted by atomic mass is 10.2. The van der Waals surface area contributed by atoms with Crippen LogP contribution >= 0.6 is 23.2 Å². The molecule has 2 N–H and O–H groups in total. The van der Waals surface area contributed by atoms with Gasteiger partial charge >= 0.3 is 0 Å². The van der Waals surface area contributed by atoms with Gasteiger partial charge in [-0.05, 0) is 17.7 Å². The molecular formula is C8H9Cl2NO. The molecule has 0 saturated heterocycles. The highest BCUT2D eigenvalue weighted by atomic mass is 35.5. The van der Waals surface area contributed by atoms with Crippen LogP contribution in [0.25, 0.3) is 0 Å². The molecule has 0 aliphatic rings. The molecule has 1 rings (SSSR count). The van der Waals surface area contributed by atoms with E-state index >= 15 is 0 Å². The second-order valence-electron chi connectivity index (χ2n) is 2.30. The third kappa shape index (κ3) is 2.03. The largest absolute Gasteiger partial charge is 0.495 e. The minimum absolute atomic E-state index is 0.520. The average molecular weight is 206 g/mol. The molecule has 2 nitrogen and oxygen atoms in total. The molecule has 12 heavy (non-hydrogen) atoms. The molecule has 1 aromatic rings. The lowest BCUT2D eigenvalue weighted by Crippen LogP contribution is -2.01. The van der Waals surface area contributed by atoms with Crippen molar-refractivity contribution < 1.29 is 4.74 Å². The molecule has 0 aromatic heterocycles. The van der Waals surface area contributed by atoms with Crippen molar-refractivity contribution in [3.05, 3.63) is 28.8 Å². The van der Waals surface area contributed by atoms with E-state index in [1.54, 1.807) is 25.3 Å². The zero-order valence-corrected chi connectivity index (χ0v) is 8.06. The fraction of sp³-hybridized carbons (Fsp3) is 0.250. The Labute approximate surface area is 81.2 Å². The summed E-state index contributed by atoms with van der Waals surface area (Å²) in [5, 5.41) is 0.520. The first-order chi connectivity index (χ1) is 5.65. The van der Waals surface area contributed by atoms with E-state index in [0.29, 0.717) is 10.8 Å². The van der Waals surface area contributed by atoms with Crippen molar-refractivity contribution in [1.82, 2.24) is 0 Å². The molecule has 0 bridgehead atoms. The number of hydrogen-bond acceptors (Lipinski definition) is 2. The molecule has 0 fully saturated rings. The summed E-state index contributed by atoms with van der Waals surface area (Å²) in [6, 6.07) is 5.21. The Morgan fingerprint density at radius 3 is 2.58 bits per heavy atom. The van der Waals surface area contributed by atoms with Gasteiger partial charge in [0.2, 0.25) is 0 Å². The molecule has 0 spiro atoms. The number of ether oxygens (including phenoxy) is 1. The first-order valence-corrected chi connectivity index (χ1v) is 4.19. The minimum atomic E-state index is -0.520. The highest BCUT2D eigenvalue weighted by Crippen LogP contribution is 2.27. The lowest BCUT2D eigenvalue weighted by molar-refractivity contribution is 0.415. The van der Waals surface area contributed by atoms with E-state index in [1.807, 2.05) is 0 Å². The van der Waals surface area contributed by atoms with E-state index in [-0.39, 0.29) is 0 Å². The topological polar surface area (TPSA) is 35.2 Å². The maximum absolute atomic E-state index is 5.83. The Bertz CT molecular complexity index is 276. The normalized spacial score (nSPS) is 12.7. The molecule has 0 amide bonds. The summed E-state index contributed by atoms with van der Waals surface area (Å²) in [6.07, 6.45) is 0. The summed E-state index contributed by atoms with van der Waals surface area (Å²) in [5.74, 6) is 0.623. The molecule has 0 heterocycles. The van der Waals surface area contributed by atoms with Gasteiger partial charge < -0.3 is 10.5 Å². The number of benzene rings is 1. The van der Waals surface area contributed by atoms with Crippen molar-refractivity contribution in [2.24, 2.45) is 5.73 Å². The summed E-state index contributed by atoms with van der Waals surface area (Å²) < 4.78 is 4.96. The summed E-state index contributed by atoms with van der Waals surface area (Å²) in [5.41, 5.74) is 5.70. The monoisotopic (exact) mass is 205 g/mol. The number of methoxy groups -OCH3 is 1. The number of alkyl halides is 1. The van der Waals surface area contributed by atoms with E-state index in [9.17, 15) is 0 Å². The second kappa shape index (κ2) is 3.99. The Morgan fingerprint density at radius 1 is 1.50 bits per heavy atom. The van der Waals surface area contributed by atoms with Gasteiger partial charge in [-0.15, -0.1) is 11.6 Å². The van der Waals surface area contributed by atoms with Crippen LogP contribution in [0.4, 0.5) is 0 Å². The van der Waals surface area contributed by atoms with Gasteiger partial charge in [-0.2, -0.15) is 0 Å². The van der Waals surface area contributed by atoms with Gasteiger partial charge in [0, 0.05) is 0 Å².